The van der Waals surface area contributed by atoms with Gasteiger partial charge in [0, 0.05) is 25.2 Å². The molecule has 1 heterocycles. The van der Waals surface area contributed by atoms with Crippen LogP contribution in [-0.4, -0.2) is 78.4 Å². The predicted octanol–water partition coefficient (Wildman–Crippen LogP) is 2.92. The van der Waals surface area contributed by atoms with E-state index in [4.69, 9.17) is 5.73 Å². The van der Waals surface area contributed by atoms with Crippen LogP contribution in [0.15, 0.2) is 30.3 Å². The second kappa shape index (κ2) is 10.0. The summed E-state index contributed by atoms with van der Waals surface area (Å²) in [5, 5.41) is 2.61. The van der Waals surface area contributed by atoms with E-state index in [0.29, 0.717) is 19.0 Å². The molecule has 3 fully saturated rings. The summed E-state index contributed by atoms with van der Waals surface area (Å²) in [6.45, 7) is 5.22. The normalized spacial score (nSPS) is 27.0. The number of urea groups is 1. The maximum atomic E-state index is 13.8. The van der Waals surface area contributed by atoms with Gasteiger partial charge in [-0.3, -0.25) is 14.5 Å². The molecular formula is C28H43N5O3. The summed E-state index contributed by atoms with van der Waals surface area (Å²) in [7, 11) is 4.33. The van der Waals surface area contributed by atoms with Crippen molar-refractivity contribution in [2.45, 2.75) is 69.9 Å². The molecule has 1 spiro atoms. The van der Waals surface area contributed by atoms with Crippen LogP contribution in [0.4, 0.5) is 4.79 Å². The van der Waals surface area contributed by atoms with E-state index in [0.717, 1.165) is 32.2 Å². The molecule has 3 aliphatic rings. The lowest BCUT2D eigenvalue weighted by molar-refractivity contribution is -0.131. The van der Waals surface area contributed by atoms with Gasteiger partial charge < -0.3 is 20.9 Å². The van der Waals surface area contributed by atoms with Crippen LogP contribution in [0.1, 0.15) is 64.4 Å². The minimum Gasteiger partial charge on any atom is -0.368 e. The molecule has 0 radical (unpaired) electrons. The van der Waals surface area contributed by atoms with Gasteiger partial charge >= 0.3 is 6.03 Å². The zero-order valence-electron chi connectivity index (χ0n) is 22.4. The summed E-state index contributed by atoms with van der Waals surface area (Å²) in [6.07, 6.45) is 7.45. The van der Waals surface area contributed by atoms with Gasteiger partial charge in [0.25, 0.3) is 0 Å². The lowest BCUT2D eigenvalue weighted by Crippen LogP contribution is -2.56. The Morgan fingerprint density at radius 2 is 1.75 bits per heavy atom. The Morgan fingerprint density at radius 3 is 2.28 bits per heavy atom. The van der Waals surface area contributed by atoms with Crippen molar-refractivity contribution in [3.8, 4) is 0 Å². The highest BCUT2D eigenvalue weighted by Crippen LogP contribution is 2.50. The van der Waals surface area contributed by atoms with Gasteiger partial charge in [0.15, 0.2) is 0 Å². The van der Waals surface area contributed by atoms with E-state index in [1.54, 1.807) is 0 Å². The Bertz CT molecular complexity index is 965. The van der Waals surface area contributed by atoms with Crippen molar-refractivity contribution in [3.05, 3.63) is 35.9 Å². The van der Waals surface area contributed by atoms with Gasteiger partial charge in [0.05, 0.1) is 17.5 Å². The van der Waals surface area contributed by atoms with Crippen LogP contribution in [0.3, 0.4) is 0 Å². The Morgan fingerprint density at radius 1 is 1.11 bits per heavy atom. The highest BCUT2D eigenvalue weighted by Gasteiger charge is 2.55. The van der Waals surface area contributed by atoms with Crippen LogP contribution < -0.4 is 11.1 Å². The van der Waals surface area contributed by atoms with Crippen molar-refractivity contribution in [2.75, 3.05) is 40.3 Å². The van der Waals surface area contributed by atoms with Gasteiger partial charge in [-0.05, 0) is 77.9 Å². The van der Waals surface area contributed by atoms with Crippen LogP contribution in [0, 0.1) is 11.3 Å². The van der Waals surface area contributed by atoms with E-state index in [9.17, 15) is 14.4 Å². The number of primary amides is 1. The second-order valence-electron chi connectivity index (χ2n) is 12.1. The standard InChI is InChI=1S/C28H43N5O3/c1-26(2,24(35)30-17-23(29)34)19-32-20-27(33(25(32)36)18-21-9-8-10-21)13-15-28(16-14-27,31(3)4)22-11-6-5-7-12-22/h5-7,11-12,21H,8-10,13-20H2,1-4H3,(H2,29,34)(H,30,35)/t27-,28-. The lowest BCUT2D eigenvalue weighted by Gasteiger charge is -2.51. The summed E-state index contributed by atoms with van der Waals surface area (Å²) in [6, 6.07) is 10.8. The van der Waals surface area contributed by atoms with Crippen LogP contribution in [0.2, 0.25) is 0 Å². The molecule has 8 heteroatoms. The molecule has 1 aromatic rings. The zero-order chi connectivity index (χ0) is 26.1. The molecule has 0 bridgehead atoms. The van der Waals surface area contributed by atoms with Crippen molar-refractivity contribution in [1.82, 2.24) is 20.0 Å². The highest BCUT2D eigenvalue weighted by molar-refractivity contribution is 5.87. The molecule has 4 amide bonds. The van der Waals surface area contributed by atoms with Gasteiger partial charge in [-0.25, -0.2) is 4.79 Å². The average Bonchev–Trinajstić information content (AvgIpc) is 3.05. The fourth-order valence-corrected chi connectivity index (χ4v) is 6.47. The summed E-state index contributed by atoms with van der Waals surface area (Å²) < 4.78 is 0. The van der Waals surface area contributed by atoms with Crippen molar-refractivity contribution in [2.24, 2.45) is 17.1 Å². The molecule has 1 aromatic carbocycles. The fraction of sp³-hybridized carbons (Fsp3) is 0.679. The Balaban J connectivity index is 1.55. The summed E-state index contributed by atoms with van der Waals surface area (Å²) in [5.74, 6) is -0.265. The first-order valence-corrected chi connectivity index (χ1v) is 13.4. The summed E-state index contributed by atoms with van der Waals surface area (Å²) in [5.41, 5.74) is 5.46. The number of nitrogens with one attached hydrogen (secondary N) is 1. The Labute approximate surface area is 215 Å². The molecule has 3 N–H and O–H groups in total. The molecule has 0 unspecified atom stereocenters. The molecular weight excluding hydrogens is 454 g/mol. The average molecular weight is 498 g/mol. The topological polar surface area (TPSA) is 99.0 Å². The third-order valence-electron chi connectivity index (χ3n) is 9.02. The number of nitrogens with zero attached hydrogens (tertiary/aromatic N) is 3. The molecule has 36 heavy (non-hydrogen) atoms. The van der Waals surface area contributed by atoms with Crippen molar-refractivity contribution >= 4 is 17.8 Å². The van der Waals surface area contributed by atoms with Crippen molar-refractivity contribution in [3.63, 3.8) is 0 Å². The fourth-order valence-electron chi connectivity index (χ4n) is 6.47. The van der Waals surface area contributed by atoms with Crippen LogP contribution in [0.5, 0.6) is 0 Å². The first-order valence-electron chi connectivity index (χ1n) is 13.4. The summed E-state index contributed by atoms with van der Waals surface area (Å²) in [4.78, 5) is 44.2. The Hall–Kier alpha value is -2.61. The van der Waals surface area contributed by atoms with Gasteiger partial charge in [-0.1, -0.05) is 36.8 Å². The van der Waals surface area contributed by atoms with Gasteiger partial charge in [0.2, 0.25) is 11.8 Å². The molecule has 2 saturated carbocycles. The highest BCUT2D eigenvalue weighted by atomic mass is 16.2. The molecule has 4 rings (SSSR count). The van der Waals surface area contributed by atoms with E-state index >= 15 is 0 Å². The lowest BCUT2D eigenvalue weighted by atomic mass is 9.68. The minimum absolute atomic E-state index is 0.0426. The van der Waals surface area contributed by atoms with Gasteiger partial charge in [-0.15, -0.1) is 0 Å². The second-order valence-corrected chi connectivity index (χ2v) is 12.1. The SMILES string of the molecule is CN(C)[C@]1(c2ccccc2)CC[C@@]2(CC1)CN(CC(C)(C)C(=O)NCC(N)=O)C(=O)N2CC1CCC1. The van der Waals surface area contributed by atoms with Crippen LogP contribution in [0.25, 0.3) is 0 Å². The molecule has 0 atom stereocenters. The largest absolute Gasteiger partial charge is 0.368 e. The number of hydrogen-bond acceptors (Lipinski definition) is 4. The summed E-state index contributed by atoms with van der Waals surface area (Å²) >= 11 is 0. The number of nitrogens with two attached hydrogens (primary N) is 1. The zero-order valence-corrected chi connectivity index (χ0v) is 22.4. The predicted molar refractivity (Wildman–Crippen MR) is 140 cm³/mol. The molecule has 8 nitrogen and oxygen atoms in total. The molecule has 0 aromatic heterocycles. The van der Waals surface area contributed by atoms with E-state index in [1.807, 2.05) is 18.7 Å². The number of hydrogen-bond donors (Lipinski definition) is 2. The van der Waals surface area contributed by atoms with Crippen molar-refractivity contribution < 1.29 is 14.4 Å². The Kier molecular flexibility index (Phi) is 7.37. The smallest absolute Gasteiger partial charge is 0.320 e. The van der Waals surface area contributed by atoms with Crippen LogP contribution >= 0.6 is 0 Å². The third-order valence-corrected chi connectivity index (χ3v) is 9.02. The maximum absolute atomic E-state index is 13.8. The number of carbonyl (C=O) groups excluding carboxylic acids is 3. The number of rotatable bonds is 9. The van der Waals surface area contributed by atoms with Crippen molar-refractivity contribution in [1.29, 1.82) is 0 Å². The molecule has 198 valence electrons. The number of carbonyl (C=O) groups is 3. The minimum atomic E-state index is -0.828. The number of amides is 4. The van der Waals surface area contributed by atoms with Crippen LogP contribution in [-0.2, 0) is 15.1 Å². The van der Waals surface area contributed by atoms with E-state index in [2.05, 4.69) is 59.5 Å². The van der Waals surface area contributed by atoms with E-state index in [-0.39, 0.29) is 29.6 Å². The van der Waals surface area contributed by atoms with Gasteiger partial charge in [-0.2, -0.15) is 0 Å². The third kappa shape index (κ3) is 4.97. The van der Waals surface area contributed by atoms with E-state index in [1.165, 1.54) is 24.8 Å². The molecule has 2 aliphatic carbocycles. The van der Waals surface area contributed by atoms with Gasteiger partial charge in [0.1, 0.15) is 0 Å². The first kappa shape index (κ1) is 26.5. The monoisotopic (exact) mass is 497 g/mol. The van der Waals surface area contributed by atoms with E-state index < -0.39 is 11.3 Å². The molecule has 1 saturated heterocycles. The number of benzene rings is 1. The maximum Gasteiger partial charge on any atom is 0.320 e. The quantitative estimate of drug-likeness (QED) is 0.548. The first-order chi connectivity index (χ1) is 17.0. The molecule has 1 aliphatic heterocycles.